The van der Waals surface area contributed by atoms with Crippen molar-refractivity contribution in [1.29, 1.82) is 0 Å². The molecular formula is C30H26O2. The maximum atomic E-state index is 6.48. The van der Waals surface area contributed by atoms with Gasteiger partial charge in [-0.05, 0) is 29.2 Å². The zero-order valence-corrected chi connectivity index (χ0v) is 18.3. The Morgan fingerprint density at radius 2 is 0.938 bits per heavy atom. The van der Waals surface area contributed by atoms with Gasteiger partial charge in [-0.25, -0.2) is 0 Å². The molecule has 2 heteroatoms. The molecule has 0 aromatic heterocycles. The summed E-state index contributed by atoms with van der Waals surface area (Å²) in [6.07, 6.45) is 0.973. The van der Waals surface area contributed by atoms with Crippen LogP contribution in [-0.2, 0) is 19.6 Å². The third-order valence-electron chi connectivity index (χ3n) is 5.85. The molecule has 5 aromatic carbocycles. The van der Waals surface area contributed by atoms with E-state index in [2.05, 4.69) is 73.7 Å². The molecule has 0 amide bonds. The summed E-state index contributed by atoms with van der Waals surface area (Å²) in [7, 11) is 0. The number of aryl methyl sites for hydroxylation is 1. The first-order chi connectivity index (χ1) is 15.8. The summed E-state index contributed by atoms with van der Waals surface area (Å²) in [6, 6.07) is 35.6. The summed E-state index contributed by atoms with van der Waals surface area (Å²) in [5, 5.41) is 4.33. The maximum absolute atomic E-state index is 6.48. The number of hydrogen-bond acceptors (Lipinski definition) is 2. The second-order valence-corrected chi connectivity index (χ2v) is 7.99. The standard InChI is InChI=1S/C30H26O2/c1-2-22-17-18-27-28(19-22)30(32-21-24-13-7-4-8-14-24)26-16-10-9-15-25(26)29(27)31-20-23-11-5-3-6-12-23/h3-19H,2,20-21H2,1H3. The molecule has 0 saturated carbocycles. The van der Waals surface area contributed by atoms with Crippen molar-refractivity contribution in [2.75, 3.05) is 0 Å². The van der Waals surface area contributed by atoms with Crippen LogP contribution < -0.4 is 9.47 Å². The van der Waals surface area contributed by atoms with Crippen LogP contribution in [0, 0.1) is 0 Å². The van der Waals surface area contributed by atoms with Crippen LogP contribution in [0.2, 0.25) is 0 Å². The summed E-state index contributed by atoms with van der Waals surface area (Å²) < 4.78 is 12.9. The van der Waals surface area contributed by atoms with Gasteiger partial charge in [-0.15, -0.1) is 0 Å². The van der Waals surface area contributed by atoms with Crippen LogP contribution in [0.5, 0.6) is 11.5 Å². The van der Waals surface area contributed by atoms with Crippen LogP contribution in [0.3, 0.4) is 0 Å². The van der Waals surface area contributed by atoms with Crippen LogP contribution in [0.15, 0.2) is 103 Å². The predicted molar refractivity (Wildman–Crippen MR) is 132 cm³/mol. The van der Waals surface area contributed by atoms with Crippen LogP contribution in [0.4, 0.5) is 0 Å². The molecule has 0 radical (unpaired) electrons. The van der Waals surface area contributed by atoms with Crippen LogP contribution in [-0.4, -0.2) is 0 Å². The van der Waals surface area contributed by atoms with Gasteiger partial charge in [0.1, 0.15) is 24.7 Å². The number of hydrogen-bond donors (Lipinski definition) is 0. The number of ether oxygens (including phenoxy) is 2. The lowest BCUT2D eigenvalue weighted by molar-refractivity contribution is 0.308. The highest BCUT2D eigenvalue weighted by molar-refractivity contribution is 6.11. The fraction of sp³-hybridized carbons (Fsp3) is 0.133. The van der Waals surface area contributed by atoms with E-state index in [4.69, 9.17) is 9.47 Å². The van der Waals surface area contributed by atoms with Gasteiger partial charge < -0.3 is 9.47 Å². The average Bonchev–Trinajstić information content (AvgIpc) is 2.87. The minimum atomic E-state index is 0.527. The molecule has 0 atom stereocenters. The topological polar surface area (TPSA) is 18.5 Å². The number of benzene rings is 5. The molecule has 2 nitrogen and oxygen atoms in total. The lowest BCUT2D eigenvalue weighted by Gasteiger charge is -2.18. The van der Waals surface area contributed by atoms with E-state index in [0.29, 0.717) is 13.2 Å². The number of fused-ring (bicyclic) bond motifs is 2. The lowest BCUT2D eigenvalue weighted by atomic mass is 9.98. The first-order valence-corrected chi connectivity index (χ1v) is 11.1. The molecule has 0 aliphatic carbocycles. The third kappa shape index (κ3) is 4.04. The van der Waals surface area contributed by atoms with E-state index in [1.54, 1.807) is 0 Å². The Hall–Kier alpha value is -3.78. The Labute approximate surface area is 189 Å². The summed E-state index contributed by atoms with van der Waals surface area (Å²) in [4.78, 5) is 0. The van der Waals surface area contributed by atoms with Crippen molar-refractivity contribution in [1.82, 2.24) is 0 Å². The van der Waals surface area contributed by atoms with E-state index >= 15 is 0 Å². The van der Waals surface area contributed by atoms with E-state index in [-0.39, 0.29) is 0 Å². The molecule has 32 heavy (non-hydrogen) atoms. The normalized spacial score (nSPS) is 11.0. The molecule has 0 unspecified atom stereocenters. The van der Waals surface area contributed by atoms with Gasteiger partial charge in [0.05, 0.1) is 0 Å². The fourth-order valence-corrected chi connectivity index (χ4v) is 4.14. The number of rotatable bonds is 7. The van der Waals surface area contributed by atoms with Crippen LogP contribution in [0.1, 0.15) is 23.6 Å². The van der Waals surface area contributed by atoms with Crippen LogP contribution >= 0.6 is 0 Å². The maximum Gasteiger partial charge on any atom is 0.135 e. The van der Waals surface area contributed by atoms with Gasteiger partial charge in [-0.2, -0.15) is 0 Å². The fourth-order valence-electron chi connectivity index (χ4n) is 4.14. The van der Waals surface area contributed by atoms with Crippen molar-refractivity contribution in [2.24, 2.45) is 0 Å². The molecule has 0 N–H and O–H groups in total. The Balaban J connectivity index is 1.64. The highest BCUT2D eigenvalue weighted by Crippen LogP contribution is 2.43. The van der Waals surface area contributed by atoms with E-state index in [9.17, 15) is 0 Å². The Morgan fingerprint density at radius 1 is 0.469 bits per heavy atom. The largest absolute Gasteiger partial charge is 0.488 e. The van der Waals surface area contributed by atoms with Crippen molar-refractivity contribution in [3.8, 4) is 11.5 Å². The zero-order valence-electron chi connectivity index (χ0n) is 18.3. The van der Waals surface area contributed by atoms with E-state index < -0.39 is 0 Å². The Morgan fingerprint density at radius 3 is 1.47 bits per heavy atom. The van der Waals surface area contributed by atoms with Gasteiger partial charge in [0.15, 0.2) is 0 Å². The van der Waals surface area contributed by atoms with Gasteiger partial charge in [0.2, 0.25) is 0 Å². The lowest BCUT2D eigenvalue weighted by Crippen LogP contribution is -2.01. The monoisotopic (exact) mass is 418 g/mol. The van der Waals surface area contributed by atoms with Crippen molar-refractivity contribution < 1.29 is 9.47 Å². The van der Waals surface area contributed by atoms with Gasteiger partial charge in [-0.3, -0.25) is 0 Å². The quantitative estimate of drug-likeness (QED) is 0.252. The Bertz CT molecular complexity index is 1340. The van der Waals surface area contributed by atoms with Gasteiger partial charge in [0.25, 0.3) is 0 Å². The van der Waals surface area contributed by atoms with E-state index in [1.807, 2.05) is 36.4 Å². The molecular weight excluding hydrogens is 392 g/mol. The van der Waals surface area contributed by atoms with Crippen molar-refractivity contribution in [3.05, 3.63) is 120 Å². The third-order valence-corrected chi connectivity index (χ3v) is 5.85. The van der Waals surface area contributed by atoms with Crippen molar-refractivity contribution in [3.63, 3.8) is 0 Å². The van der Waals surface area contributed by atoms with E-state index in [0.717, 1.165) is 50.6 Å². The SMILES string of the molecule is CCc1ccc2c(OCc3ccccc3)c3ccccc3c(OCc3ccccc3)c2c1. The molecule has 158 valence electrons. The molecule has 0 saturated heterocycles. The summed E-state index contributed by atoms with van der Waals surface area (Å²) in [6.45, 7) is 3.24. The summed E-state index contributed by atoms with van der Waals surface area (Å²) in [5.74, 6) is 1.83. The molecule has 0 bridgehead atoms. The second-order valence-electron chi connectivity index (χ2n) is 7.99. The molecule has 5 aromatic rings. The van der Waals surface area contributed by atoms with Crippen molar-refractivity contribution >= 4 is 21.5 Å². The highest BCUT2D eigenvalue weighted by Gasteiger charge is 2.17. The molecule has 0 fully saturated rings. The minimum absolute atomic E-state index is 0.527. The molecule has 0 spiro atoms. The van der Waals surface area contributed by atoms with Gasteiger partial charge in [-0.1, -0.05) is 104 Å². The molecule has 0 aliphatic heterocycles. The first kappa shape index (κ1) is 20.1. The predicted octanol–water partition coefficient (Wildman–Crippen LogP) is 7.71. The average molecular weight is 419 g/mol. The minimum Gasteiger partial charge on any atom is -0.488 e. The summed E-state index contributed by atoms with van der Waals surface area (Å²) >= 11 is 0. The molecule has 0 heterocycles. The van der Waals surface area contributed by atoms with E-state index in [1.165, 1.54) is 5.56 Å². The molecule has 0 aliphatic rings. The first-order valence-electron chi connectivity index (χ1n) is 11.1. The zero-order chi connectivity index (χ0) is 21.8. The molecule has 5 rings (SSSR count). The van der Waals surface area contributed by atoms with Gasteiger partial charge >= 0.3 is 0 Å². The summed E-state index contributed by atoms with van der Waals surface area (Å²) in [5.41, 5.74) is 3.59. The van der Waals surface area contributed by atoms with Crippen molar-refractivity contribution in [2.45, 2.75) is 26.6 Å². The highest BCUT2D eigenvalue weighted by atomic mass is 16.5. The Kier molecular flexibility index (Phi) is 5.76. The van der Waals surface area contributed by atoms with Crippen LogP contribution in [0.25, 0.3) is 21.5 Å². The smallest absolute Gasteiger partial charge is 0.135 e. The van der Waals surface area contributed by atoms with Gasteiger partial charge in [0, 0.05) is 21.5 Å². The second kappa shape index (κ2) is 9.15.